The van der Waals surface area contributed by atoms with Gasteiger partial charge in [0, 0.05) is 17.8 Å². The zero-order valence-electron chi connectivity index (χ0n) is 9.32. The summed E-state index contributed by atoms with van der Waals surface area (Å²) in [5, 5.41) is 17.0. The largest absolute Gasteiger partial charge is 0.411 e. The molecule has 0 atom stereocenters. The highest BCUT2D eigenvalue weighted by Crippen LogP contribution is 2.11. The van der Waals surface area contributed by atoms with Gasteiger partial charge in [0.1, 0.15) is 0 Å². The molecule has 0 aliphatic rings. The number of nitrogens with zero attached hydrogens (tertiary/aromatic N) is 1. The van der Waals surface area contributed by atoms with Crippen LogP contribution in [0.2, 0.25) is 0 Å². The molecule has 3 N–H and O–H groups in total. The number of urea groups is 1. The summed E-state index contributed by atoms with van der Waals surface area (Å²) in [5.41, 5.74) is 1.92. The van der Waals surface area contributed by atoms with Crippen molar-refractivity contribution in [3.8, 4) is 0 Å². The molecule has 16 heavy (non-hydrogen) atoms. The van der Waals surface area contributed by atoms with Gasteiger partial charge in [0.2, 0.25) is 0 Å². The van der Waals surface area contributed by atoms with Crippen molar-refractivity contribution in [2.24, 2.45) is 5.16 Å². The summed E-state index contributed by atoms with van der Waals surface area (Å²) in [6, 6.07) is 6.84. The Morgan fingerprint density at radius 2 is 2.25 bits per heavy atom. The van der Waals surface area contributed by atoms with Crippen molar-refractivity contribution in [2.75, 3.05) is 11.9 Å². The Bertz CT molecular complexity index is 402. The van der Waals surface area contributed by atoms with E-state index in [-0.39, 0.29) is 6.03 Å². The third-order valence-corrected chi connectivity index (χ3v) is 2.03. The quantitative estimate of drug-likeness (QED) is 0.415. The fourth-order valence-corrected chi connectivity index (χ4v) is 1.22. The number of benzene rings is 1. The van der Waals surface area contributed by atoms with Gasteiger partial charge in [0.05, 0.1) is 5.71 Å². The van der Waals surface area contributed by atoms with Gasteiger partial charge in [-0.1, -0.05) is 17.3 Å². The van der Waals surface area contributed by atoms with E-state index in [1.54, 1.807) is 31.2 Å². The van der Waals surface area contributed by atoms with Crippen LogP contribution in [0.5, 0.6) is 0 Å². The molecule has 0 aliphatic heterocycles. The van der Waals surface area contributed by atoms with Gasteiger partial charge < -0.3 is 15.8 Å². The molecule has 86 valence electrons. The maximum Gasteiger partial charge on any atom is 0.319 e. The lowest BCUT2D eigenvalue weighted by Gasteiger charge is -2.07. The Kier molecular flexibility index (Phi) is 4.32. The van der Waals surface area contributed by atoms with Crippen LogP contribution in [0.15, 0.2) is 29.4 Å². The Labute approximate surface area is 94.2 Å². The molecule has 0 saturated heterocycles. The highest BCUT2D eigenvalue weighted by molar-refractivity contribution is 6.00. The molecule has 0 unspecified atom stereocenters. The summed E-state index contributed by atoms with van der Waals surface area (Å²) in [7, 11) is 0. The van der Waals surface area contributed by atoms with Gasteiger partial charge in [-0.05, 0) is 26.0 Å². The van der Waals surface area contributed by atoms with Gasteiger partial charge in [-0.2, -0.15) is 0 Å². The van der Waals surface area contributed by atoms with Crippen LogP contribution in [0.25, 0.3) is 0 Å². The predicted octanol–water partition coefficient (Wildman–Crippen LogP) is 2.03. The summed E-state index contributed by atoms with van der Waals surface area (Å²) >= 11 is 0. The molecule has 0 saturated carbocycles. The normalized spacial score (nSPS) is 11.0. The molecule has 0 aliphatic carbocycles. The van der Waals surface area contributed by atoms with E-state index in [2.05, 4.69) is 15.8 Å². The van der Waals surface area contributed by atoms with Gasteiger partial charge in [-0.25, -0.2) is 4.79 Å². The summed E-state index contributed by atoms with van der Waals surface area (Å²) < 4.78 is 0. The predicted molar refractivity (Wildman–Crippen MR) is 63.1 cm³/mol. The molecule has 2 amide bonds. The second kappa shape index (κ2) is 5.75. The Hall–Kier alpha value is -2.04. The summed E-state index contributed by atoms with van der Waals surface area (Å²) in [6.45, 7) is 4.10. The zero-order chi connectivity index (χ0) is 12.0. The number of carbonyl (C=O) groups excluding carboxylic acids is 1. The first kappa shape index (κ1) is 12.0. The highest BCUT2D eigenvalue weighted by Gasteiger charge is 2.02. The van der Waals surface area contributed by atoms with Crippen molar-refractivity contribution < 1.29 is 10.0 Å². The lowest BCUT2D eigenvalue weighted by molar-refractivity contribution is 0.252. The second-order valence-corrected chi connectivity index (χ2v) is 3.25. The van der Waals surface area contributed by atoms with Crippen LogP contribution in [0.1, 0.15) is 19.4 Å². The fraction of sp³-hybridized carbons (Fsp3) is 0.273. The van der Waals surface area contributed by atoms with Crippen LogP contribution in [0, 0.1) is 0 Å². The third kappa shape index (κ3) is 3.27. The van der Waals surface area contributed by atoms with E-state index in [0.29, 0.717) is 17.9 Å². The molecule has 0 heterocycles. The molecule has 1 aromatic rings. The van der Waals surface area contributed by atoms with Crippen molar-refractivity contribution in [1.29, 1.82) is 0 Å². The Morgan fingerprint density at radius 1 is 1.50 bits per heavy atom. The van der Waals surface area contributed by atoms with E-state index in [4.69, 9.17) is 5.21 Å². The lowest BCUT2D eigenvalue weighted by Crippen LogP contribution is -2.28. The monoisotopic (exact) mass is 221 g/mol. The van der Waals surface area contributed by atoms with Crippen LogP contribution >= 0.6 is 0 Å². The molecule has 0 aromatic heterocycles. The van der Waals surface area contributed by atoms with Crippen molar-refractivity contribution in [1.82, 2.24) is 5.32 Å². The smallest absolute Gasteiger partial charge is 0.319 e. The van der Waals surface area contributed by atoms with Crippen molar-refractivity contribution in [2.45, 2.75) is 13.8 Å². The molecular formula is C11H15N3O2. The van der Waals surface area contributed by atoms with E-state index < -0.39 is 0 Å². The van der Waals surface area contributed by atoms with Crippen molar-refractivity contribution in [3.63, 3.8) is 0 Å². The highest BCUT2D eigenvalue weighted by atomic mass is 16.4. The molecular weight excluding hydrogens is 206 g/mol. The van der Waals surface area contributed by atoms with Gasteiger partial charge in [0.25, 0.3) is 0 Å². The standard InChI is InChI=1S/C11H15N3O2/c1-3-12-11(15)13-10-6-4-5-9(7-10)8(2)14-16/h4-7,16H,3H2,1-2H3,(H2,12,13,15)/b14-8+. The molecule has 0 radical (unpaired) electrons. The van der Waals surface area contributed by atoms with Crippen LogP contribution in [0.4, 0.5) is 10.5 Å². The number of amides is 2. The van der Waals surface area contributed by atoms with Crippen molar-refractivity contribution in [3.05, 3.63) is 29.8 Å². The molecule has 0 spiro atoms. The molecule has 5 nitrogen and oxygen atoms in total. The van der Waals surface area contributed by atoms with E-state index in [9.17, 15) is 4.79 Å². The first-order valence-corrected chi connectivity index (χ1v) is 5.01. The van der Waals surface area contributed by atoms with Crippen LogP contribution < -0.4 is 10.6 Å². The summed E-state index contributed by atoms with van der Waals surface area (Å²) in [6.07, 6.45) is 0. The Morgan fingerprint density at radius 3 is 2.88 bits per heavy atom. The summed E-state index contributed by atoms with van der Waals surface area (Å²) in [5.74, 6) is 0. The number of hydrogen-bond acceptors (Lipinski definition) is 3. The number of oxime groups is 1. The molecule has 1 aromatic carbocycles. The number of carbonyl (C=O) groups is 1. The third-order valence-electron chi connectivity index (χ3n) is 2.03. The van der Waals surface area contributed by atoms with Crippen LogP contribution in [0.3, 0.4) is 0 Å². The zero-order valence-corrected chi connectivity index (χ0v) is 9.32. The summed E-state index contributed by atoms with van der Waals surface area (Å²) in [4.78, 5) is 11.3. The minimum absolute atomic E-state index is 0.252. The van der Waals surface area contributed by atoms with E-state index in [1.807, 2.05) is 6.92 Å². The first-order chi connectivity index (χ1) is 7.67. The van der Waals surface area contributed by atoms with E-state index in [0.717, 1.165) is 5.56 Å². The van der Waals surface area contributed by atoms with Crippen LogP contribution in [-0.2, 0) is 0 Å². The van der Waals surface area contributed by atoms with Gasteiger partial charge in [-0.15, -0.1) is 0 Å². The first-order valence-electron chi connectivity index (χ1n) is 5.01. The van der Waals surface area contributed by atoms with E-state index >= 15 is 0 Å². The van der Waals surface area contributed by atoms with E-state index in [1.165, 1.54) is 0 Å². The Balaban J connectivity index is 2.79. The second-order valence-electron chi connectivity index (χ2n) is 3.25. The van der Waals surface area contributed by atoms with Gasteiger partial charge >= 0.3 is 6.03 Å². The topological polar surface area (TPSA) is 73.7 Å². The van der Waals surface area contributed by atoms with Crippen molar-refractivity contribution >= 4 is 17.4 Å². The SMILES string of the molecule is CCNC(=O)Nc1cccc(/C(C)=N/O)c1. The number of hydrogen-bond donors (Lipinski definition) is 3. The lowest BCUT2D eigenvalue weighted by atomic mass is 10.1. The number of nitrogens with one attached hydrogen (secondary N) is 2. The molecule has 5 heteroatoms. The molecule has 1 rings (SSSR count). The minimum atomic E-state index is -0.252. The number of rotatable bonds is 3. The minimum Gasteiger partial charge on any atom is -0.411 e. The van der Waals surface area contributed by atoms with Gasteiger partial charge in [-0.3, -0.25) is 0 Å². The van der Waals surface area contributed by atoms with Gasteiger partial charge in [0.15, 0.2) is 0 Å². The average Bonchev–Trinajstić information content (AvgIpc) is 2.28. The van der Waals surface area contributed by atoms with Crippen LogP contribution in [-0.4, -0.2) is 23.5 Å². The maximum atomic E-state index is 11.3. The molecule has 0 bridgehead atoms. The fourth-order valence-electron chi connectivity index (χ4n) is 1.22. The number of anilines is 1. The maximum absolute atomic E-state index is 11.3. The average molecular weight is 221 g/mol. The molecule has 0 fully saturated rings.